The van der Waals surface area contributed by atoms with Gasteiger partial charge in [-0.25, -0.2) is 4.98 Å². The lowest BCUT2D eigenvalue weighted by Gasteiger charge is -2.15. The fraction of sp³-hybridized carbons (Fsp3) is 0.467. The minimum absolute atomic E-state index is 0.188. The van der Waals surface area contributed by atoms with Gasteiger partial charge in [-0.2, -0.15) is 0 Å². The van der Waals surface area contributed by atoms with E-state index in [0.29, 0.717) is 6.54 Å². The van der Waals surface area contributed by atoms with Gasteiger partial charge in [0.15, 0.2) is 10.8 Å². The molecule has 2 atom stereocenters. The second-order valence-corrected chi connectivity index (χ2v) is 6.25. The van der Waals surface area contributed by atoms with Gasteiger partial charge < -0.3 is 14.8 Å². The smallest absolute Gasteiger partial charge is 0.306 e. The van der Waals surface area contributed by atoms with Crippen LogP contribution in [0, 0.1) is 11.8 Å². The maximum Gasteiger partial charge on any atom is 0.306 e. The summed E-state index contributed by atoms with van der Waals surface area (Å²) in [7, 11) is 0. The van der Waals surface area contributed by atoms with Crippen LogP contribution in [0.3, 0.4) is 0 Å². The Morgan fingerprint density at radius 3 is 3.19 bits per heavy atom. The average Bonchev–Trinajstić information content (AvgIpc) is 3.20. The van der Waals surface area contributed by atoms with Crippen molar-refractivity contribution in [2.75, 3.05) is 6.54 Å². The number of carbonyl (C=O) groups is 1. The van der Waals surface area contributed by atoms with E-state index in [4.69, 9.17) is 9.52 Å². The lowest BCUT2D eigenvalue weighted by molar-refractivity contribution is -0.142. The quantitative estimate of drug-likeness (QED) is 0.858. The SMILES string of the molecule is O=C(O)C1CCCC1CNCc1csc(-c2ccco2)n1. The van der Waals surface area contributed by atoms with Crippen molar-refractivity contribution in [1.82, 2.24) is 10.3 Å². The van der Waals surface area contributed by atoms with E-state index in [-0.39, 0.29) is 11.8 Å². The number of aromatic nitrogens is 1. The van der Waals surface area contributed by atoms with Crippen molar-refractivity contribution < 1.29 is 14.3 Å². The van der Waals surface area contributed by atoms with Crippen molar-refractivity contribution in [1.29, 1.82) is 0 Å². The highest BCUT2D eigenvalue weighted by Gasteiger charge is 2.32. The first-order valence-electron chi connectivity index (χ1n) is 7.16. The Balaban J connectivity index is 1.51. The summed E-state index contributed by atoms with van der Waals surface area (Å²) >= 11 is 1.56. The maximum absolute atomic E-state index is 11.1. The normalized spacial score (nSPS) is 21.7. The first-order valence-corrected chi connectivity index (χ1v) is 8.04. The molecule has 1 saturated carbocycles. The summed E-state index contributed by atoms with van der Waals surface area (Å²) in [6, 6.07) is 3.74. The fourth-order valence-electron chi connectivity index (χ4n) is 2.89. The molecular weight excluding hydrogens is 288 g/mol. The highest BCUT2D eigenvalue weighted by Crippen LogP contribution is 2.31. The summed E-state index contributed by atoms with van der Waals surface area (Å²) < 4.78 is 5.32. The van der Waals surface area contributed by atoms with E-state index >= 15 is 0 Å². The number of hydrogen-bond donors (Lipinski definition) is 2. The number of furan rings is 1. The molecule has 0 spiro atoms. The van der Waals surface area contributed by atoms with E-state index in [9.17, 15) is 4.79 Å². The van der Waals surface area contributed by atoms with Crippen LogP contribution in [0.25, 0.3) is 10.8 Å². The molecule has 2 aromatic heterocycles. The first-order chi connectivity index (χ1) is 10.2. The molecule has 2 N–H and O–H groups in total. The van der Waals surface area contributed by atoms with Crippen LogP contribution in [-0.2, 0) is 11.3 Å². The van der Waals surface area contributed by atoms with Crippen molar-refractivity contribution in [3.8, 4) is 10.8 Å². The molecule has 2 aromatic rings. The minimum atomic E-state index is -0.659. The number of nitrogens with zero attached hydrogens (tertiary/aromatic N) is 1. The number of carboxylic acids is 1. The van der Waals surface area contributed by atoms with Crippen molar-refractivity contribution in [2.24, 2.45) is 11.8 Å². The van der Waals surface area contributed by atoms with E-state index in [1.807, 2.05) is 17.5 Å². The van der Waals surface area contributed by atoms with E-state index in [1.54, 1.807) is 17.6 Å². The van der Waals surface area contributed by atoms with Crippen molar-refractivity contribution in [3.05, 3.63) is 29.5 Å². The number of hydrogen-bond acceptors (Lipinski definition) is 5. The van der Waals surface area contributed by atoms with E-state index in [2.05, 4.69) is 10.3 Å². The highest BCUT2D eigenvalue weighted by molar-refractivity contribution is 7.13. The predicted molar refractivity (Wildman–Crippen MR) is 80.0 cm³/mol. The third-order valence-electron chi connectivity index (χ3n) is 3.97. The van der Waals surface area contributed by atoms with Gasteiger partial charge in [-0.05, 0) is 37.4 Å². The van der Waals surface area contributed by atoms with Gasteiger partial charge in [0, 0.05) is 11.9 Å². The van der Waals surface area contributed by atoms with Gasteiger partial charge in [0.25, 0.3) is 0 Å². The molecule has 0 radical (unpaired) electrons. The van der Waals surface area contributed by atoms with Crippen LogP contribution < -0.4 is 5.32 Å². The molecule has 0 amide bonds. The van der Waals surface area contributed by atoms with Gasteiger partial charge in [0.2, 0.25) is 0 Å². The Labute approximate surface area is 127 Å². The molecule has 21 heavy (non-hydrogen) atoms. The lowest BCUT2D eigenvalue weighted by Crippen LogP contribution is -2.28. The summed E-state index contributed by atoms with van der Waals surface area (Å²) in [4.78, 5) is 15.6. The zero-order valence-corrected chi connectivity index (χ0v) is 12.4. The third kappa shape index (κ3) is 3.33. The Bertz CT molecular complexity index is 594. The highest BCUT2D eigenvalue weighted by atomic mass is 32.1. The molecule has 2 unspecified atom stereocenters. The van der Waals surface area contributed by atoms with E-state index in [0.717, 1.165) is 42.3 Å². The van der Waals surface area contributed by atoms with Crippen LogP contribution in [0.2, 0.25) is 0 Å². The van der Waals surface area contributed by atoms with Crippen LogP contribution in [0.1, 0.15) is 25.0 Å². The molecule has 5 nitrogen and oxygen atoms in total. The standard InChI is InChI=1S/C15H18N2O3S/c18-15(19)12-4-1-3-10(12)7-16-8-11-9-21-14(17-11)13-5-2-6-20-13/h2,5-6,9-10,12,16H,1,3-4,7-8H2,(H,18,19). The molecular formula is C15H18N2O3S. The molecule has 1 fully saturated rings. The molecule has 3 rings (SSSR count). The first kappa shape index (κ1) is 14.3. The largest absolute Gasteiger partial charge is 0.481 e. The minimum Gasteiger partial charge on any atom is -0.481 e. The topological polar surface area (TPSA) is 75.4 Å². The summed E-state index contributed by atoms with van der Waals surface area (Å²) in [6.07, 6.45) is 4.46. The van der Waals surface area contributed by atoms with E-state index in [1.165, 1.54) is 0 Å². The summed E-state index contributed by atoms with van der Waals surface area (Å²) in [5, 5.41) is 15.4. The number of rotatable bonds is 6. The van der Waals surface area contributed by atoms with Crippen LogP contribution >= 0.6 is 11.3 Å². The van der Waals surface area contributed by atoms with Crippen LogP contribution in [0.15, 0.2) is 28.2 Å². The van der Waals surface area contributed by atoms with Gasteiger partial charge in [-0.1, -0.05) is 6.42 Å². The second kappa shape index (κ2) is 6.41. The van der Waals surface area contributed by atoms with Gasteiger partial charge in [0.05, 0.1) is 17.9 Å². The third-order valence-corrected chi connectivity index (χ3v) is 4.88. The Morgan fingerprint density at radius 1 is 1.52 bits per heavy atom. The Hall–Kier alpha value is -1.66. The van der Waals surface area contributed by atoms with Crippen molar-refractivity contribution in [2.45, 2.75) is 25.8 Å². The number of aliphatic carboxylic acids is 1. The summed E-state index contributed by atoms with van der Waals surface area (Å²) in [5.41, 5.74) is 0.969. The molecule has 0 aromatic carbocycles. The molecule has 112 valence electrons. The fourth-order valence-corrected chi connectivity index (χ4v) is 3.68. The molecule has 0 aliphatic heterocycles. The van der Waals surface area contributed by atoms with Crippen molar-refractivity contribution in [3.63, 3.8) is 0 Å². The molecule has 0 bridgehead atoms. The number of nitrogens with one attached hydrogen (secondary N) is 1. The number of thiazole rings is 1. The van der Waals surface area contributed by atoms with Gasteiger partial charge in [0.1, 0.15) is 0 Å². The van der Waals surface area contributed by atoms with Gasteiger partial charge >= 0.3 is 5.97 Å². The second-order valence-electron chi connectivity index (χ2n) is 5.39. The summed E-state index contributed by atoms with van der Waals surface area (Å²) in [6.45, 7) is 1.41. The predicted octanol–water partition coefficient (Wildman–Crippen LogP) is 2.99. The zero-order valence-electron chi connectivity index (χ0n) is 11.6. The lowest BCUT2D eigenvalue weighted by atomic mass is 9.96. The van der Waals surface area contributed by atoms with Crippen LogP contribution in [0.5, 0.6) is 0 Å². The monoisotopic (exact) mass is 306 g/mol. The number of carboxylic acid groups (broad SMARTS) is 1. The van der Waals surface area contributed by atoms with Crippen LogP contribution in [-0.4, -0.2) is 22.6 Å². The van der Waals surface area contributed by atoms with Gasteiger partial charge in [-0.3, -0.25) is 4.79 Å². The summed E-state index contributed by atoms with van der Waals surface area (Å²) in [5.74, 6) is 0.179. The van der Waals surface area contributed by atoms with E-state index < -0.39 is 5.97 Å². The van der Waals surface area contributed by atoms with Gasteiger partial charge in [-0.15, -0.1) is 11.3 Å². The van der Waals surface area contributed by atoms with Crippen LogP contribution in [0.4, 0.5) is 0 Å². The molecule has 2 heterocycles. The molecule has 1 aliphatic rings. The maximum atomic E-state index is 11.1. The molecule has 0 saturated heterocycles. The molecule has 6 heteroatoms. The molecule has 1 aliphatic carbocycles. The zero-order chi connectivity index (χ0) is 14.7. The van der Waals surface area contributed by atoms with Crippen molar-refractivity contribution >= 4 is 17.3 Å². The average molecular weight is 306 g/mol. The Morgan fingerprint density at radius 2 is 2.43 bits per heavy atom. The Kier molecular flexibility index (Phi) is 4.36.